The van der Waals surface area contributed by atoms with E-state index in [-0.39, 0.29) is 16.2 Å². The van der Waals surface area contributed by atoms with Gasteiger partial charge < -0.3 is 9.88 Å². The molecule has 0 unspecified atom stereocenters. The Kier molecular flexibility index (Phi) is 5.52. The van der Waals surface area contributed by atoms with Crippen LogP contribution in [0.15, 0.2) is 59.9 Å². The van der Waals surface area contributed by atoms with E-state index in [1.165, 1.54) is 4.57 Å². The molecule has 0 atom stereocenters. The number of nitrogens with one attached hydrogen (secondary N) is 1. The van der Waals surface area contributed by atoms with Crippen LogP contribution in [-0.4, -0.2) is 27.4 Å². The fourth-order valence-corrected chi connectivity index (χ4v) is 3.20. The van der Waals surface area contributed by atoms with Crippen molar-refractivity contribution >= 4 is 29.0 Å². The van der Waals surface area contributed by atoms with E-state index in [1.54, 1.807) is 48.4 Å². The third-order valence-corrected chi connectivity index (χ3v) is 4.71. The van der Waals surface area contributed by atoms with Gasteiger partial charge in [-0.05, 0) is 48.1 Å². The number of rotatable bonds is 5. The van der Waals surface area contributed by atoms with E-state index in [2.05, 4.69) is 17.6 Å². The number of nitriles is 1. The first kappa shape index (κ1) is 19.3. The van der Waals surface area contributed by atoms with Crippen LogP contribution in [0.3, 0.4) is 0 Å². The third kappa shape index (κ3) is 3.77. The average molecular weight is 390 g/mol. The topological polar surface area (TPSA) is 81.9 Å². The highest BCUT2D eigenvalue weighted by Crippen LogP contribution is 2.14. The number of aromatic amines is 1. The summed E-state index contributed by atoms with van der Waals surface area (Å²) in [4.78, 5) is 29.9. The molecule has 1 amide bonds. The van der Waals surface area contributed by atoms with Gasteiger partial charge in [0.05, 0.1) is 22.5 Å². The predicted octanol–water partition coefficient (Wildman–Crippen LogP) is 3.39. The molecule has 0 fully saturated rings. The van der Waals surface area contributed by atoms with Crippen LogP contribution in [0.2, 0.25) is 0 Å². The minimum atomic E-state index is -0.219. The number of hydrogen-bond donors (Lipinski definition) is 1. The molecule has 0 aliphatic carbocycles. The van der Waals surface area contributed by atoms with Gasteiger partial charge in [0, 0.05) is 25.7 Å². The molecule has 28 heavy (non-hydrogen) atoms. The molecular weight excluding hydrogens is 372 g/mol. The molecule has 6 nitrogen and oxygen atoms in total. The van der Waals surface area contributed by atoms with E-state index in [0.29, 0.717) is 35.1 Å². The number of benzene rings is 2. The molecule has 1 heterocycles. The Morgan fingerprint density at radius 2 is 2.04 bits per heavy atom. The van der Waals surface area contributed by atoms with Gasteiger partial charge in [-0.3, -0.25) is 14.2 Å². The Labute approximate surface area is 167 Å². The highest BCUT2D eigenvalue weighted by Gasteiger charge is 2.14. The number of fused-ring (bicyclic) bond motifs is 1. The molecule has 0 aliphatic rings. The van der Waals surface area contributed by atoms with Crippen LogP contribution in [-0.2, 0) is 13.1 Å². The number of carbonyl (C=O) groups excluding carboxylic acids is 1. The predicted molar refractivity (Wildman–Crippen MR) is 111 cm³/mol. The van der Waals surface area contributed by atoms with Gasteiger partial charge in [-0.1, -0.05) is 18.2 Å². The lowest BCUT2D eigenvalue weighted by atomic mass is 10.1. The minimum Gasteiger partial charge on any atom is -0.337 e. The van der Waals surface area contributed by atoms with Crippen LogP contribution in [0.25, 0.3) is 10.9 Å². The first-order valence-corrected chi connectivity index (χ1v) is 8.97. The Hall–Kier alpha value is -3.50. The monoisotopic (exact) mass is 390 g/mol. The van der Waals surface area contributed by atoms with E-state index in [9.17, 15) is 9.59 Å². The van der Waals surface area contributed by atoms with Gasteiger partial charge in [0.25, 0.3) is 11.5 Å². The molecule has 3 aromatic rings. The summed E-state index contributed by atoms with van der Waals surface area (Å²) in [5.41, 5.74) is 2.25. The molecule has 1 aromatic heterocycles. The fourth-order valence-electron chi connectivity index (χ4n) is 2.93. The van der Waals surface area contributed by atoms with E-state index in [0.717, 1.165) is 5.56 Å². The van der Waals surface area contributed by atoms with Crippen molar-refractivity contribution in [2.75, 3.05) is 7.05 Å². The minimum absolute atomic E-state index is 0.180. The standard InChI is InChI=1S/C21H18N4O2S/c1-3-10-25-20(27)17-9-8-16(11-18(17)23-21(25)28)19(26)24(2)13-15-6-4-14(12-22)5-7-15/h3-9,11H,1,10,13H2,2H3,(H,23,28). The van der Waals surface area contributed by atoms with Crippen LogP contribution in [0, 0.1) is 16.1 Å². The van der Waals surface area contributed by atoms with Crippen molar-refractivity contribution < 1.29 is 4.79 Å². The molecule has 140 valence electrons. The van der Waals surface area contributed by atoms with Crippen molar-refractivity contribution in [3.05, 3.63) is 86.9 Å². The highest BCUT2D eigenvalue weighted by atomic mass is 32.1. The van der Waals surface area contributed by atoms with E-state index < -0.39 is 0 Å². The largest absolute Gasteiger partial charge is 0.337 e. The summed E-state index contributed by atoms with van der Waals surface area (Å²) in [6.07, 6.45) is 1.60. The van der Waals surface area contributed by atoms with Crippen molar-refractivity contribution in [3.63, 3.8) is 0 Å². The zero-order chi connectivity index (χ0) is 20.3. The lowest BCUT2D eigenvalue weighted by Gasteiger charge is -2.18. The number of H-pyrrole nitrogens is 1. The van der Waals surface area contributed by atoms with Crippen molar-refractivity contribution in [1.29, 1.82) is 5.26 Å². The molecule has 0 bridgehead atoms. The first-order chi connectivity index (χ1) is 13.4. The molecule has 0 saturated heterocycles. The van der Waals surface area contributed by atoms with Crippen LogP contribution in [0.5, 0.6) is 0 Å². The van der Waals surface area contributed by atoms with Gasteiger partial charge >= 0.3 is 0 Å². The summed E-state index contributed by atoms with van der Waals surface area (Å²) in [6.45, 7) is 4.35. The van der Waals surface area contributed by atoms with Crippen molar-refractivity contribution in [1.82, 2.24) is 14.5 Å². The fraction of sp³-hybridized carbons (Fsp3) is 0.143. The van der Waals surface area contributed by atoms with Crippen molar-refractivity contribution in [2.45, 2.75) is 13.1 Å². The second-order valence-corrected chi connectivity index (χ2v) is 6.75. The van der Waals surface area contributed by atoms with Crippen molar-refractivity contribution in [2.24, 2.45) is 0 Å². The smallest absolute Gasteiger partial charge is 0.262 e. The zero-order valence-electron chi connectivity index (χ0n) is 15.3. The molecule has 0 aliphatic heterocycles. The molecule has 0 spiro atoms. The van der Waals surface area contributed by atoms with Gasteiger partial charge in [-0.15, -0.1) is 6.58 Å². The molecule has 3 rings (SSSR count). The Balaban J connectivity index is 1.89. The maximum atomic E-state index is 12.8. The maximum absolute atomic E-state index is 12.8. The van der Waals surface area contributed by atoms with Crippen LogP contribution in [0.1, 0.15) is 21.5 Å². The lowest BCUT2D eigenvalue weighted by Crippen LogP contribution is -2.26. The number of carbonyl (C=O) groups is 1. The molecule has 7 heteroatoms. The van der Waals surface area contributed by atoms with Gasteiger partial charge in [0.15, 0.2) is 4.77 Å². The van der Waals surface area contributed by atoms with E-state index in [4.69, 9.17) is 17.5 Å². The number of nitrogens with zero attached hydrogens (tertiary/aromatic N) is 3. The van der Waals surface area contributed by atoms with Crippen LogP contribution < -0.4 is 5.56 Å². The first-order valence-electron chi connectivity index (χ1n) is 8.57. The van der Waals surface area contributed by atoms with E-state index in [1.807, 2.05) is 12.1 Å². The molecule has 2 aromatic carbocycles. The van der Waals surface area contributed by atoms with Crippen LogP contribution >= 0.6 is 12.2 Å². The Morgan fingerprint density at radius 1 is 1.32 bits per heavy atom. The molecule has 0 saturated carbocycles. The highest BCUT2D eigenvalue weighted by molar-refractivity contribution is 7.71. The van der Waals surface area contributed by atoms with Gasteiger partial charge in [-0.2, -0.15) is 5.26 Å². The molecule has 1 N–H and O–H groups in total. The third-order valence-electron chi connectivity index (χ3n) is 4.39. The maximum Gasteiger partial charge on any atom is 0.262 e. The number of amides is 1. The summed E-state index contributed by atoms with van der Waals surface area (Å²) in [6, 6.07) is 14.1. The average Bonchev–Trinajstić information content (AvgIpc) is 2.70. The zero-order valence-corrected chi connectivity index (χ0v) is 16.1. The lowest BCUT2D eigenvalue weighted by molar-refractivity contribution is 0.0785. The number of hydrogen-bond acceptors (Lipinski definition) is 4. The summed E-state index contributed by atoms with van der Waals surface area (Å²) >= 11 is 5.24. The summed E-state index contributed by atoms with van der Waals surface area (Å²) in [7, 11) is 1.70. The summed E-state index contributed by atoms with van der Waals surface area (Å²) in [5.74, 6) is -0.180. The second-order valence-electron chi connectivity index (χ2n) is 6.36. The van der Waals surface area contributed by atoms with Crippen LogP contribution in [0.4, 0.5) is 0 Å². The molecular formula is C21H18N4O2S. The SMILES string of the molecule is C=CCn1c(=S)[nH]c2cc(C(=O)N(C)Cc3ccc(C#N)cc3)ccc2c1=O. The number of allylic oxidation sites excluding steroid dienone is 1. The quantitative estimate of drug-likeness (QED) is 0.535. The Morgan fingerprint density at radius 3 is 2.68 bits per heavy atom. The second kappa shape index (κ2) is 8.03. The Bertz CT molecular complexity index is 1220. The van der Waals surface area contributed by atoms with Gasteiger partial charge in [-0.25, -0.2) is 0 Å². The summed E-state index contributed by atoms with van der Waals surface area (Å²) in [5, 5.41) is 9.33. The normalized spacial score (nSPS) is 10.4. The molecule has 0 radical (unpaired) electrons. The summed E-state index contributed by atoms with van der Waals surface area (Å²) < 4.78 is 1.70. The number of aromatic nitrogens is 2. The van der Waals surface area contributed by atoms with Gasteiger partial charge in [0.2, 0.25) is 0 Å². The van der Waals surface area contributed by atoms with Crippen molar-refractivity contribution in [3.8, 4) is 6.07 Å². The van der Waals surface area contributed by atoms with E-state index >= 15 is 0 Å². The van der Waals surface area contributed by atoms with Gasteiger partial charge in [0.1, 0.15) is 0 Å².